The minimum atomic E-state index is -5.59. The van der Waals surface area contributed by atoms with Crippen LogP contribution >= 0.6 is 0 Å². The number of hydrogen-bond donors (Lipinski definition) is 0. The summed E-state index contributed by atoms with van der Waals surface area (Å²) in [5.41, 5.74) is -5.42. The number of sulfonamides is 1. The van der Waals surface area contributed by atoms with E-state index in [9.17, 15) is 21.6 Å². The molecule has 0 aromatic carbocycles. The van der Waals surface area contributed by atoms with Gasteiger partial charge < -0.3 is 5.14 Å². The molecule has 5 nitrogen and oxygen atoms in total. The highest BCUT2D eigenvalue weighted by molar-refractivity contribution is 7.93. The normalized spacial score (nSPS) is 11.9. The minimum Gasteiger partial charge on any atom is -0.556 e. The third-order valence-corrected chi connectivity index (χ3v) is 3.01. The van der Waals surface area contributed by atoms with Crippen LogP contribution in [0.3, 0.4) is 0 Å². The largest absolute Gasteiger partial charge is 0.556 e. The maximum Gasteiger partial charge on any atom is 0.479 e. The number of aromatic nitrogens is 2. The Morgan fingerprint density at radius 1 is 1.25 bits per heavy atom. The number of unbranched alkanes of at least 4 members (excludes halogenated alkanes) is 3. The van der Waals surface area contributed by atoms with Crippen LogP contribution in [0.2, 0.25) is 0 Å². The van der Waals surface area contributed by atoms with Gasteiger partial charge in [-0.2, -0.15) is 13.2 Å². The van der Waals surface area contributed by atoms with E-state index in [4.69, 9.17) is 5.14 Å². The van der Waals surface area contributed by atoms with Crippen molar-refractivity contribution in [1.82, 2.24) is 4.57 Å². The van der Waals surface area contributed by atoms with Gasteiger partial charge in [0.15, 0.2) is 10.0 Å². The second-order valence-corrected chi connectivity index (χ2v) is 5.80. The van der Waals surface area contributed by atoms with Crippen LogP contribution in [0.5, 0.6) is 0 Å². The molecule has 1 aromatic heterocycles. The molecule has 0 aliphatic rings. The summed E-state index contributed by atoms with van der Waals surface area (Å²) in [4.78, 5) is 0. The number of aryl methyl sites for hydroxylation is 2. The topological polar surface area (TPSA) is 66.8 Å². The molecule has 0 amide bonds. The molecule has 0 radical (unpaired) electrons. The van der Waals surface area contributed by atoms with Crippen LogP contribution in [-0.4, -0.2) is 18.5 Å². The second-order valence-electron chi connectivity index (χ2n) is 4.33. The summed E-state index contributed by atoms with van der Waals surface area (Å²) in [6.45, 7) is 3.41. The van der Waals surface area contributed by atoms with Crippen molar-refractivity contribution in [3.05, 3.63) is 23.9 Å². The number of imidazole rings is 1. The fourth-order valence-electron chi connectivity index (χ4n) is 1.36. The Labute approximate surface area is 117 Å². The van der Waals surface area contributed by atoms with E-state index >= 15 is 0 Å². The Bertz CT molecular complexity index is 483. The molecule has 1 rings (SSSR count). The number of alkyl halides is 3. The summed E-state index contributed by atoms with van der Waals surface area (Å²) in [5.74, 6) is 0. The van der Waals surface area contributed by atoms with Crippen LogP contribution in [0.4, 0.5) is 13.2 Å². The quantitative estimate of drug-likeness (QED) is 0.619. The summed E-state index contributed by atoms with van der Waals surface area (Å²) < 4.78 is 55.1. The van der Waals surface area contributed by atoms with Gasteiger partial charge in [-0.25, -0.2) is 17.6 Å². The van der Waals surface area contributed by atoms with Crippen molar-refractivity contribution in [3.8, 4) is 0 Å². The number of halogens is 3. The summed E-state index contributed by atoms with van der Waals surface area (Å²) in [7, 11) is -3.53. The standard InChI is InChI=1S/C10H19N2.CHF3NO2S/c1-3-4-5-6-7-12-9-8-11(2)10-12;2-1(3,4)8(5,6)7/h8-10H,3-7H2,1-2H3;(H-,5,6,7)/q+1;-1. The lowest BCUT2D eigenvalue weighted by Gasteiger charge is -2.07. The second kappa shape index (κ2) is 8.25. The van der Waals surface area contributed by atoms with E-state index in [1.54, 1.807) is 0 Å². The van der Waals surface area contributed by atoms with Crippen molar-refractivity contribution in [2.45, 2.75) is 44.7 Å². The highest BCUT2D eigenvalue weighted by atomic mass is 32.2. The molecular weight excluding hydrogens is 295 g/mol. The molecule has 0 unspecified atom stereocenters. The number of rotatable bonds is 5. The zero-order chi connectivity index (χ0) is 15.8. The monoisotopic (exact) mass is 315 g/mol. The lowest BCUT2D eigenvalue weighted by molar-refractivity contribution is -0.671. The molecule has 118 valence electrons. The van der Waals surface area contributed by atoms with Gasteiger partial charge in [-0.3, -0.25) is 0 Å². The Kier molecular flexibility index (Phi) is 7.80. The van der Waals surface area contributed by atoms with Gasteiger partial charge in [-0.1, -0.05) is 19.8 Å². The number of nitrogens with zero attached hydrogens (tertiary/aromatic N) is 2. The van der Waals surface area contributed by atoms with Gasteiger partial charge in [-0.15, -0.1) is 0 Å². The average molecular weight is 315 g/mol. The Morgan fingerprint density at radius 2 is 1.80 bits per heavy atom. The zero-order valence-electron chi connectivity index (χ0n) is 11.5. The Balaban J connectivity index is 0.000000396. The Morgan fingerprint density at radius 3 is 2.15 bits per heavy atom. The fourth-order valence-corrected chi connectivity index (χ4v) is 1.36. The van der Waals surface area contributed by atoms with E-state index in [-0.39, 0.29) is 0 Å². The van der Waals surface area contributed by atoms with Crippen molar-refractivity contribution in [3.63, 3.8) is 0 Å². The smallest absolute Gasteiger partial charge is 0.479 e. The number of nitrogens with one attached hydrogen (secondary N) is 1. The predicted octanol–water partition coefficient (Wildman–Crippen LogP) is 2.78. The van der Waals surface area contributed by atoms with Crippen molar-refractivity contribution in [2.75, 3.05) is 0 Å². The molecule has 0 saturated carbocycles. The number of hydrogen-bond acceptors (Lipinski definition) is 2. The van der Waals surface area contributed by atoms with Crippen LogP contribution < -0.4 is 4.57 Å². The van der Waals surface area contributed by atoms with E-state index in [1.807, 2.05) is 0 Å². The van der Waals surface area contributed by atoms with Crippen molar-refractivity contribution >= 4 is 10.0 Å². The zero-order valence-corrected chi connectivity index (χ0v) is 12.3. The molecule has 0 bridgehead atoms. The third kappa shape index (κ3) is 8.16. The molecule has 0 spiro atoms. The molecule has 1 heterocycles. The first-order valence-electron chi connectivity index (χ1n) is 6.15. The molecule has 1 aromatic rings. The first-order chi connectivity index (χ1) is 9.08. The third-order valence-electron chi connectivity index (χ3n) is 2.40. The SMILES string of the molecule is CCCCCCn1cc[n+](C)c1.[NH-]S(=O)(=O)C(F)(F)F. The van der Waals surface area contributed by atoms with Gasteiger partial charge in [0.05, 0.1) is 13.6 Å². The van der Waals surface area contributed by atoms with Crippen LogP contribution in [0.1, 0.15) is 32.6 Å². The van der Waals surface area contributed by atoms with E-state index < -0.39 is 15.5 Å². The molecule has 0 saturated heterocycles. The molecular formula is C11H20F3N3O2S. The van der Waals surface area contributed by atoms with Crippen LogP contribution in [0.25, 0.3) is 5.14 Å². The van der Waals surface area contributed by atoms with Gasteiger partial charge in [0.2, 0.25) is 6.33 Å². The summed E-state index contributed by atoms with van der Waals surface area (Å²) in [6, 6.07) is 0. The minimum absolute atomic E-state index is 1.17. The molecule has 0 aliphatic carbocycles. The van der Waals surface area contributed by atoms with E-state index in [0.29, 0.717) is 0 Å². The van der Waals surface area contributed by atoms with E-state index in [1.165, 1.54) is 32.2 Å². The summed E-state index contributed by atoms with van der Waals surface area (Å²) in [6.07, 6.45) is 11.7. The highest BCUT2D eigenvalue weighted by Gasteiger charge is 2.36. The van der Waals surface area contributed by atoms with E-state index in [0.717, 1.165) is 0 Å². The van der Waals surface area contributed by atoms with Gasteiger partial charge >= 0.3 is 5.51 Å². The van der Waals surface area contributed by atoms with Crippen LogP contribution in [-0.2, 0) is 23.6 Å². The van der Waals surface area contributed by atoms with Crippen molar-refractivity contribution < 1.29 is 26.2 Å². The Hall–Kier alpha value is -1.09. The first-order valence-corrected chi connectivity index (χ1v) is 7.63. The highest BCUT2D eigenvalue weighted by Crippen LogP contribution is 2.22. The maximum atomic E-state index is 10.8. The summed E-state index contributed by atoms with van der Waals surface area (Å²) in [5, 5.41) is 5.43. The van der Waals surface area contributed by atoms with Gasteiger partial charge in [0, 0.05) is 0 Å². The lowest BCUT2D eigenvalue weighted by atomic mass is 10.2. The van der Waals surface area contributed by atoms with E-state index in [2.05, 4.69) is 41.8 Å². The predicted molar refractivity (Wildman–Crippen MR) is 69.0 cm³/mol. The molecule has 1 N–H and O–H groups in total. The average Bonchev–Trinajstić information content (AvgIpc) is 2.69. The maximum absolute atomic E-state index is 10.8. The van der Waals surface area contributed by atoms with Gasteiger partial charge in [-0.05, 0) is 12.8 Å². The summed E-state index contributed by atoms with van der Waals surface area (Å²) >= 11 is 0. The molecule has 0 fully saturated rings. The van der Waals surface area contributed by atoms with Crippen molar-refractivity contribution in [2.24, 2.45) is 7.05 Å². The molecule has 20 heavy (non-hydrogen) atoms. The fraction of sp³-hybridized carbons (Fsp3) is 0.727. The van der Waals surface area contributed by atoms with Gasteiger partial charge in [0.25, 0.3) is 0 Å². The first kappa shape index (κ1) is 18.9. The molecule has 9 heteroatoms. The van der Waals surface area contributed by atoms with Gasteiger partial charge in [0.1, 0.15) is 12.4 Å². The van der Waals surface area contributed by atoms with Crippen molar-refractivity contribution in [1.29, 1.82) is 0 Å². The molecule has 0 atom stereocenters. The molecule has 0 aliphatic heterocycles. The van der Waals surface area contributed by atoms with Crippen LogP contribution in [0, 0.1) is 0 Å². The lowest BCUT2D eigenvalue weighted by Crippen LogP contribution is -2.23. The van der Waals surface area contributed by atoms with Crippen LogP contribution in [0.15, 0.2) is 18.7 Å².